The van der Waals surface area contributed by atoms with Crippen molar-refractivity contribution in [1.29, 1.82) is 0 Å². The van der Waals surface area contributed by atoms with E-state index in [0.29, 0.717) is 0 Å². The van der Waals surface area contributed by atoms with Crippen molar-refractivity contribution in [2.75, 3.05) is 5.32 Å². The second-order valence-corrected chi connectivity index (χ2v) is 4.51. The molecule has 0 atom stereocenters. The maximum absolute atomic E-state index is 13.5. The maximum atomic E-state index is 13.5. The number of benzene rings is 2. The van der Waals surface area contributed by atoms with E-state index >= 15 is 0 Å². The summed E-state index contributed by atoms with van der Waals surface area (Å²) in [7, 11) is 0. The molecule has 0 aliphatic rings. The first-order chi connectivity index (χ1) is 9.72. The highest BCUT2D eigenvalue weighted by molar-refractivity contribution is 5.81. The van der Waals surface area contributed by atoms with E-state index in [1.807, 2.05) is 30.3 Å². The normalized spacial score (nSPS) is 10.7. The van der Waals surface area contributed by atoms with Gasteiger partial charge < -0.3 is 5.32 Å². The second-order valence-electron chi connectivity index (χ2n) is 4.51. The minimum atomic E-state index is -0.445. The van der Waals surface area contributed by atoms with Crippen LogP contribution in [0.5, 0.6) is 0 Å². The number of pyridine rings is 1. The van der Waals surface area contributed by atoms with Gasteiger partial charge in [-0.05, 0) is 30.3 Å². The van der Waals surface area contributed by atoms with Gasteiger partial charge in [0.2, 0.25) is 0 Å². The quantitative estimate of drug-likeness (QED) is 0.774. The molecule has 0 aliphatic carbocycles. The van der Waals surface area contributed by atoms with Gasteiger partial charge in [0, 0.05) is 17.5 Å². The molecule has 4 heteroatoms. The highest BCUT2D eigenvalue weighted by Gasteiger charge is 2.04. The fraction of sp³-hybridized carbons (Fsp3) is 0.0625. The summed E-state index contributed by atoms with van der Waals surface area (Å²) in [5.41, 5.74) is 1.96. The summed E-state index contributed by atoms with van der Waals surface area (Å²) in [5, 5.41) is 4.05. The van der Waals surface area contributed by atoms with Gasteiger partial charge in [-0.3, -0.25) is 4.98 Å². The van der Waals surface area contributed by atoms with Gasteiger partial charge in [-0.15, -0.1) is 0 Å². The van der Waals surface area contributed by atoms with E-state index in [1.54, 1.807) is 6.20 Å². The number of nitrogens with zero attached hydrogens (tertiary/aromatic N) is 1. The van der Waals surface area contributed by atoms with Crippen LogP contribution in [-0.2, 0) is 6.54 Å². The Balaban J connectivity index is 1.81. The molecule has 3 aromatic rings. The summed E-state index contributed by atoms with van der Waals surface area (Å²) >= 11 is 0. The molecule has 0 radical (unpaired) electrons. The standard InChI is InChI=1S/C16H12F2N2/c17-13-5-6-15(18)12(7-13)9-19-14-8-11-3-1-2-4-16(11)20-10-14/h1-8,10,19H,9H2. The number of anilines is 1. The number of fused-ring (bicyclic) bond motifs is 1. The topological polar surface area (TPSA) is 24.9 Å². The van der Waals surface area contributed by atoms with Crippen LogP contribution in [0.2, 0.25) is 0 Å². The van der Waals surface area contributed by atoms with Crippen molar-refractivity contribution >= 4 is 16.6 Å². The molecule has 0 spiro atoms. The average Bonchev–Trinajstić information content (AvgIpc) is 2.48. The molecule has 0 saturated carbocycles. The number of hydrogen-bond acceptors (Lipinski definition) is 2. The van der Waals surface area contributed by atoms with Crippen molar-refractivity contribution in [3.63, 3.8) is 0 Å². The van der Waals surface area contributed by atoms with Gasteiger partial charge >= 0.3 is 0 Å². The van der Waals surface area contributed by atoms with Gasteiger partial charge in [0.05, 0.1) is 17.4 Å². The molecular formula is C16H12F2N2. The van der Waals surface area contributed by atoms with Gasteiger partial charge in [0.25, 0.3) is 0 Å². The average molecular weight is 270 g/mol. The molecule has 2 aromatic carbocycles. The van der Waals surface area contributed by atoms with Crippen molar-refractivity contribution in [1.82, 2.24) is 4.98 Å². The van der Waals surface area contributed by atoms with Crippen LogP contribution >= 0.6 is 0 Å². The Hall–Kier alpha value is -2.49. The first-order valence-electron chi connectivity index (χ1n) is 6.25. The molecule has 1 heterocycles. The SMILES string of the molecule is Fc1ccc(F)c(CNc2cnc3ccccc3c2)c1. The zero-order valence-corrected chi connectivity index (χ0v) is 10.6. The minimum absolute atomic E-state index is 0.212. The summed E-state index contributed by atoms with van der Waals surface area (Å²) < 4.78 is 26.6. The maximum Gasteiger partial charge on any atom is 0.128 e. The molecule has 1 aromatic heterocycles. The monoisotopic (exact) mass is 270 g/mol. The third-order valence-electron chi connectivity index (χ3n) is 3.08. The molecule has 100 valence electrons. The lowest BCUT2D eigenvalue weighted by Crippen LogP contribution is -2.02. The van der Waals surface area contributed by atoms with E-state index in [9.17, 15) is 8.78 Å². The fourth-order valence-electron chi connectivity index (χ4n) is 2.04. The van der Waals surface area contributed by atoms with Crippen molar-refractivity contribution in [2.45, 2.75) is 6.54 Å². The van der Waals surface area contributed by atoms with Crippen molar-refractivity contribution in [2.24, 2.45) is 0 Å². The zero-order valence-electron chi connectivity index (χ0n) is 10.6. The Labute approximate surface area is 115 Å². The molecule has 0 unspecified atom stereocenters. The number of nitrogens with one attached hydrogen (secondary N) is 1. The van der Waals surface area contributed by atoms with E-state index < -0.39 is 11.6 Å². The number of hydrogen-bond donors (Lipinski definition) is 1. The number of halogens is 2. The van der Waals surface area contributed by atoms with E-state index in [2.05, 4.69) is 10.3 Å². The Kier molecular flexibility index (Phi) is 3.29. The summed E-state index contributed by atoms with van der Waals surface area (Å²) in [6.07, 6.45) is 1.68. The van der Waals surface area contributed by atoms with Crippen molar-refractivity contribution < 1.29 is 8.78 Å². The molecule has 0 saturated heterocycles. The van der Waals surface area contributed by atoms with Gasteiger partial charge in [0.15, 0.2) is 0 Å². The van der Waals surface area contributed by atoms with Crippen LogP contribution in [0.4, 0.5) is 14.5 Å². The first-order valence-corrected chi connectivity index (χ1v) is 6.25. The highest BCUT2D eigenvalue weighted by atomic mass is 19.1. The van der Waals surface area contributed by atoms with Crippen LogP contribution in [0.25, 0.3) is 10.9 Å². The van der Waals surface area contributed by atoms with E-state index in [1.165, 1.54) is 6.07 Å². The van der Waals surface area contributed by atoms with E-state index in [-0.39, 0.29) is 12.1 Å². The van der Waals surface area contributed by atoms with Crippen molar-refractivity contribution in [3.05, 3.63) is 71.9 Å². The Morgan fingerprint density at radius 1 is 1.00 bits per heavy atom. The molecular weight excluding hydrogens is 258 g/mol. The minimum Gasteiger partial charge on any atom is -0.380 e. The summed E-state index contributed by atoms with van der Waals surface area (Å²) in [6, 6.07) is 13.1. The summed E-state index contributed by atoms with van der Waals surface area (Å²) in [5.74, 6) is -0.868. The van der Waals surface area contributed by atoms with Crippen LogP contribution in [0.3, 0.4) is 0 Å². The predicted octanol–water partition coefficient (Wildman–Crippen LogP) is 4.13. The smallest absolute Gasteiger partial charge is 0.128 e. The van der Waals surface area contributed by atoms with Crippen LogP contribution in [0.1, 0.15) is 5.56 Å². The summed E-state index contributed by atoms with van der Waals surface area (Å²) in [4.78, 5) is 4.30. The molecule has 0 aliphatic heterocycles. The van der Waals surface area contributed by atoms with Gasteiger partial charge in [-0.25, -0.2) is 8.78 Å². The Bertz CT molecular complexity index is 756. The molecule has 0 bridgehead atoms. The van der Waals surface area contributed by atoms with Crippen LogP contribution in [0, 0.1) is 11.6 Å². The van der Waals surface area contributed by atoms with Crippen LogP contribution in [-0.4, -0.2) is 4.98 Å². The lowest BCUT2D eigenvalue weighted by molar-refractivity contribution is 0.587. The van der Waals surface area contributed by atoms with E-state index in [0.717, 1.165) is 28.7 Å². The van der Waals surface area contributed by atoms with Crippen LogP contribution in [0.15, 0.2) is 54.7 Å². The lowest BCUT2D eigenvalue weighted by atomic mass is 10.2. The second kappa shape index (κ2) is 5.25. The third kappa shape index (κ3) is 2.59. The van der Waals surface area contributed by atoms with Crippen LogP contribution < -0.4 is 5.32 Å². The highest BCUT2D eigenvalue weighted by Crippen LogP contribution is 2.17. The first kappa shape index (κ1) is 12.5. The van der Waals surface area contributed by atoms with Gasteiger partial charge in [0.1, 0.15) is 11.6 Å². The Morgan fingerprint density at radius 2 is 1.85 bits per heavy atom. The number of rotatable bonds is 3. The number of aromatic nitrogens is 1. The van der Waals surface area contributed by atoms with E-state index in [4.69, 9.17) is 0 Å². The molecule has 0 amide bonds. The van der Waals surface area contributed by atoms with Gasteiger partial charge in [-0.1, -0.05) is 18.2 Å². The molecule has 20 heavy (non-hydrogen) atoms. The molecule has 0 fully saturated rings. The zero-order chi connectivity index (χ0) is 13.9. The molecule has 2 nitrogen and oxygen atoms in total. The number of para-hydroxylation sites is 1. The molecule has 3 rings (SSSR count). The van der Waals surface area contributed by atoms with Crippen molar-refractivity contribution in [3.8, 4) is 0 Å². The lowest BCUT2D eigenvalue weighted by Gasteiger charge is -2.08. The third-order valence-corrected chi connectivity index (χ3v) is 3.08. The summed E-state index contributed by atoms with van der Waals surface area (Å²) in [6.45, 7) is 0.212. The predicted molar refractivity (Wildman–Crippen MR) is 75.4 cm³/mol. The van der Waals surface area contributed by atoms with Gasteiger partial charge in [-0.2, -0.15) is 0 Å². The largest absolute Gasteiger partial charge is 0.380 e. The fourth-order valence-corrected chi connectivity index (χ4v) is 2.04. The molecule has 1 N–H and O–H groups in total. The Morgan fingerprint density at radius 3 is 2.75 bits per heavy atom.